The molecule has 1 atom stereocenters. The van der Waals surface area contributed by atoms with Crippen LogP contribution in [0.25, 0.3) is 16.7 Å². The van der Waals surface area contributed by atoms with Gasteiger partial charge in [-0.3, -0.25) is 14.2 Å². The van der Waals surface area contributed by atoms with Crippen molar-refractivity contribution in [2.75, 3.05) is 0 Å². The molecule has 1 N–H and O–H groups in total. The van der Waals surface area contributed by atoms with Gasteiger partial charge in [0.15, 0.2) is 5.78 Å². The van der Waals surface area contributed by atoms with Crippen molar-refractivity contribution < 1.29 is 14.7 Å². The molecule has 5 nitrogen and oxygen atoms in total. The number of carboxylic acid groups (broad SMARTS) is 1. The minimum absolute atomic E-state index is 0.0378. The Morgan fingerprint density at radius 2 is 1.86 bits per heavy atom. The number of imidazole rings is 1. The lowest BCUT2D eigenvalue weighted by Crippen LogP contribution is -2.05. The van der Waals surface area contributed by atoms with Crippen LogP contribution in [0.3, 0.4) is 0 Å². The Balaban J connectivity index is 1.88. The van der Waals surface area contributed by atoms with E-state index in [4.69, 9.17) is 10.1 Å². The molecule has 5 heteroatoms. The molecule has 28 heavy (non-hydrogen) atoms. The standard InChI is InChI=1S/C23H26N2O3/c1-4-22-24-20-14-18(16(3)26)8-11-21(20)25(22)19-9-6-17(7-10-19)13-15(2)5-12-23(27)28/h6-11,14-15H,4-5,12-13H2,1-3H3,(H,27,28). The van der Waals surface area contributed by atoms with Crippen molar-refractivity contribution in [3.8, 4) is 5.69 Å². The summed E-state index contributed by atoms with van der Waals surface area (Å²) in [6, 6.07) is 14.0. The lowest BCUT2D eigenvalue weighted by atomic mass is 9.96. The summed E-state index contributed by atoms with van der Waals surface area (Å²) < 4.78 is 2.14. The first-order valence-corrected chi connectivity index (χ1v) is 9.72. The summed E-state index contributed by atoms with van der Waals surface area (Å²) in [5, 5.41) is 8.83. The topological polar surface area (TPSA) is 72.2 Å². The van der Waals surface area contributed by atoms with E-state index < -0.39 is 5.97 Å². The fourth-order valence-corrected chi connectivity index (χ4v) is 3.53. The van der Waals surface area contributed by atoms with Crippen molar-refractivity contribution in [3.05, 3.63) is 59.4 Å². The van der Waals surface area contributed by atoms with Crippen LogP contribution >= 0.6 is 0 Å². The quantitative estimate of drug-likeness (QED) is 0.570. The maximum atomic E-state index is 11.7. The second-order valence-corrected chi connectivity index (χ2v) is 7.38. The monoisotopic (exact) mass is 378 g/mol. The van der Waals surface area contributed by atoms with Crippen molar-refractivity contribution in [2.45, 2.75) is 46.5 Å². The number of benzene rings is 2. The molecule has 1 heterocycles. The predicted octanol–water partition coefficient (Wildman–Crippen LogP) is 4.83. The van der Waals surface area contributed by atoms with E-state index in [0.717, 1.165) is 35.4 Å². The Kier molecular flexibility index (Phi) is 5.93. The molecule has 0 spiro atoms. The van der Waals surface area contributed by atoms with Crippen molar-refractivity contribution >= 4 is 22.8 Å². The van der Waals surface area contributed by atoms with E-state index in [9.17, 15) is 9.59 Å². The van der Waals surface area contributed by atoms with Crippen LogP contribution in [0.2, 0.25) is 0 Å². The van der Waals surface area contributed by atoms with Gasteiger partial charge >= 0.3 is 5.97 Å². The van der Waals surface area contributed by atoms with E-state index in [-0.39, 0.29) is 12.2 Å². The molecule has 0 radical (unpaired) electrons. The van der Waals surface area contributed by atoms with Crippen molar-refractivity contribution in [1.29, 1.82) is 0 Å². The fourth-order valence-electron chi connectivity index (χ4n) is 3.53. The molecular weight excluding hydrogens is 352 g/mol. The average Bonchev–Trinajstić information content (AvgIpc) is 3.04. The number of nitrogens with zero attached hydrogens (tertiary/aromatic N) is 2. The zero-order chi connectivity index (χ0) is 20.3. The average molecular weight is 378 g/mol. The molecule has 0 aliphatic rings. The molecule has 0 aliphatic heterocycles. The van der Waals surface area contributed by atoms with Crippen LogP contribution in [-0.4, -0.2) is 26.4 Å². The highest BCUT2D eigenvalue weighted by molar-refractivity contribution is 5.97. The number of Topliss-reactive ketones (excluding diaryl/α,β-unsaturated/α-hetero) is 1. The largest absolute Gasteiger partial charge is 0.481 e. The Bertz CT molecular complexity index is 1000. The first kappa shape index (κ1) is 19.8. The smallest absolute Gasteiger partial charge is 0.303 e. The third-order valence-corrected chi connectivity index (χ3v) is 5.08. The summed E-state index contributed by atoms with van der Waals surface area (Å²) in [5.74, 6) is 0.579. The minimum Gasteiger partial charge on any atom is -0.481 e. The molecule has 1 unspecified atom stereocenters. The molecule has 0 bridgehead atoms. The van der Waals surface area contributed by atoms with E-state index in [1.54, 1.807) is 6.92 Å². The van der Waals surface area contributed by atoms with Gasteiger partial charge in [0.1, 0.15) is 5.82 Å². The van der Waals surface area contributed by atoms with Gasteiger partial charge in [-0.15, -0.1) is 0 Å². The summed E-state index contributed by atoms with van der Waals surface area (Å²) in [6.45, 7) is 5.72. The number of hydrogen-bond donors (Lipinski definition) is 1. The Hall–Kier alpha value is -2.95. The minimum atomic E-state index is -0.741. The van der Waals surface area contributed by atoms with Gasteiger partial charge in [-0.05, 0) is 61.6 Å². The molecule has 0 saturated carbocycles. The lowest BCUT2D eigenvalue weighted by molar-refractivity contribution is -0.137. The molecule has 0 aliphatic carbocycles. The predicted molar refractivity (Wildman–Crippen MR) is 110 cm³/mol. The molecule has 3 rings (SSSR count). The van der Waals surface area contributed by atoms with Gasteiger partial charge < -0.3 is 5.11 Å². The van der Waals surface area contributed by atoms with Crippen LogP contribution < -0.4 is 0 Å². The number of hydrogen-bond acceptors (Lipinski definition) is 3. The second-order valence-electron chi connectivity index (χ2n) is 7.38. The summed E-state index contributed by atoms with van der Waals surface area (Å²) in [5.41, 5.74) is 4.73. The molecule has 0 saturated heterocycles. The van der Waals surface area contributed by atoms with Crippen LogP contribution in [0, 0.1) is 5.92 Å². The van der Waals surface area contributed by atoms with Crippen LogP contribution in [0.1, 0.15) is 55.4 Å². The number of carbonyl (C=O) groups is 2. The second kappa shape index (κ2) is 8.38. The molecule has 1 aromatic heterocycles. The molecule has 2 aromatic carbocycles. The first-order chi connectivity index (χ1) is 13.4. The molecule has 0 amide bonds. The van der Waals surface area contributed by atoms with Crippen LogP contribution in [0.5, 0.6) is 0 Å². The van der Waals surface area contributed by atoms with Gasteiger partial charge in [-0.1, -0.05) is 26.0 Å². The SMILES string of the molecule is CCc1nc2cc(C(C)=O)ccc2n1-c1ccc(CC(C)CCC(=O)O)cc1. The Morgan fingerprint density at radius 1 is 1.14 bits per heavy atom. The number of rotatable bonds is 8. The van der Waals surface area contributed by atoms with Gasteiger partial charge in [-0.2, -0.15) is 0 Å². The van der Waals surface area contributed by atoms with E-state index >= 15 is 0 Å². The van der Waals surface area contributed by atoms with Gasteiger partial charge in [0, 0.05) is 24.1 Å². The van der Waals surface area contributed by atoms with Crippen molar-refractivity contribution in [1.82, 2.24) is 9.55 Å². The van der Waals surface area contributed by atoms with Crippen molar-refractivity contribution in [2.24, 2.45) is 5.92 Å². The Labute approximate surface area is 165 Å². The highest BCUT2D eigenvalue weighted by Crippen LogP contribution is 2.24. The first-order valence-electron chi connectivity index (χ1n) is 9.72. The maximum absolute atomic E-state index is 11.7. The summed E-state index contributed by atoms with van der Waals surface area (Å²) in [4.78, 5) is 27.1. The summed E-state index contributed by atoms with van der Waals surface area (Å²) in [6.07, 6.45) is 2.54. The third kappa shape index (κ3) is 4.30. The zero-order valence-electron chi connectivity index (χ0n) is 16.6. The van der Waals surface area contributed by atoms with Gasteiger partial charge in [0.25, 0.3) is 0 Å². The van der Waals surface area contributed by atoms with E-state index in [1.165, 1.54) is 5.56 Å². The molecule has 3 aromatic rings. The highest BCUT2D eigenvalue weighted by Gasteiger charge is 2.13. The Morgan fingerprint density at radius 3 is 2.46 bits per heavy atom. The molecule has 146 valence electrons. The summed E-state index contributed by atoms with van der Waals surface area (Å²) >= 11 is 0. The van der Waals surface area contributed by atoms with E-state index in [1.807, 2.05) is 18.2 Å². The summed E-state index contributed by atoms with van der Waals surface area (Å²) in [7, 11) is 0. The number of aryl methyl sites for hydroxylation is 1. The van der Waals surface area contributed by atoms with Gasteiger partial charge in [0.2, 0.25) is 0 Å². The van der Waals surface area contributed by atoms with Crippen LogP contribution in [0.15, 0.2) is 42.5 Å². The normalized spacial score (nSPS) is 12.2. The lowest BCUT2D eigenvalue weighted by Gasteiger charge is -2.12. The molecule has 0 fully saturated rings. The highest BCUT2D eigenvalue weighted by atomic mass is 16.4. The van der Waals surface area contributed by atoms with Gasteiger partial charge in [-0.25, -0.2) is 4.98 Å². The zero-order valence-corrected chi connectivity index (χ0v) is 16.6. The number of carboxylic acids is 1. The third-order valence-electron chi connectivity index (χ3n) is 5.08. The van der Waals surface area contributed by atoms with E-state index in [2.05, 4.69) is 42.7 Å². The fraction of sp³-hybridized carbons (Fsp3) is 0.348. The van der Waals surface area contributed by atoms with Crippen LogP contribution in [0.4, 0.5) is 0 Å². The van der Waals surface area contributed by atoms with E-state index in [0.29, 0.717) is 17.9 Å². The van der Waals surface area contributed by atoms with Crippen LogP contribution in [-0.2, 0) is 17.6 Å². The van der Waals surface area contributed by atoms with Gasteiger partial charge in [0.05, 0.1) is 11.0 Å². The number of aromatic nitrogens is 2. The number of fused-ring (bicyclic) bond motifs is 1. The number of ketones is 1. The number of aliphatic carboxylic acids is 1. The van der Waals surface area contributed by atoms with Crippen molar-refractivity contribution in [3.63, 3.8) is 0 Å². The molecular formula is C23H26N2O3. The maximum Gasteiger partial charge on any atom is 0.303 e. The number of carbonyl (C=O) groups excluding carboxylic acids is 1.